The van der Waals surface area contributed by atoms with Gasteiger partial charge in [0.15, 0.2) is 23.3 Å². The van der Waals surface area contributed by atoms with Gasteiger partial charge in [0.25, 0.3) is 0 Å². The van der Waals surface area contributed by atoms with Crippen LogP contribution in [0.15, 0.2) is 41.4 Å². The summed E-state index contributed by atoms with van der Waals surface area (Å²) in [5, 5.41) is 19.7. The van der Waals surface area contributed by atoms with Crippen LogP contribution in [-0.2, 0) is 6.42 Å². The highest BCUT2D eigenvalue weighted by Gasteiger charge is 2.10. The minimum atomic E-state index is -0.206. The third kappa shape index (κ3) is 3.12. The quantitative estimate of drug-likeness (QED) is 0.209. The molecule has 8 heteroatoms. The van der Waals surface area contributed by atoms with Gasteiger partial charge in [-0.15, -0.1) is 0 Å². The zero-order chi connectivity index (χ0) is 17.3. The third-order valence-corrected chi connectivity index (χ3v) is 3.38. The molecule has 3 rings (SSSR count). The first-order chi connectivity index (χ1) is 11.4. The highest BCUT2D eigenvalue weighted by molar-refractivity contribution is 5.92. The molecule has 0 radical (unpaired) electrons. The molecule has 0 aliphatic rings. The number of nitrogens with two attached hydrogens (primary N) is 3. The minimum absolute atomic E-state index is 0.111. The zero-order valence-corrected chi connectivity index (χ0v) is 12.6. The Labute approximate surface area is 137 Å². The molecule has 0 aliphatic heterocycles. The van der Waals surface area contributed by atoms with Crippen LogP contribution >= 0.6 is 0 Å². The van der Waals surface area contributed by atoms with E-state index >= 15 is 0 Å². The summed E-state index contributed by atoms with van der Waals surface area (Å²) in [4.78, 5) is 12.9. The molecule has 0 saturated heterocycles. The van der Waals surface area contributed by atoms with Crippen LogP contribution in [0.5, 0.6) is 11.5 Å². The number of aliphatic imine (C=N–C) groups is 1. The highest BCUT2D eigenvalue weighted by atomic mass is 16.3. The van der Waals surface area contributed by atoms with Gasteiger partial charge in [0.05, 0.1) is 5.52 Å². The van der Waals surface area contributed by atoms with Crippen LogP contribution in [0.2, 0.25) is 0 Å². The van der Waals surface area contributed by atoms with E-state index < -0.39 is 0 Å². The van der Waals surface area contributed by atoms with E-state index in [0.717, 1.165) is 5.56 Å². The Bertz CT molecular complexity index is 951. The van der Waals surface area contributed by atoms with Crippen molar-refractivity contribution in [3.8, 4) is 11.5 Å². The second kappa shape index (κ2) is 5.92. The second-order valence-corrected chi connectivity index (χ2v) is 5.28. The molecule has 0 bridgehead atoms. The fourth-order valence-electron chi connectivity index (χ4n) is 2.32. The number of hydrogen-bond acceptors (Lipinski definition) is 6. The SMILES string of the molecule is NC(N)=Nc1nc(Cc2ccc(O)c(O)c2)nc2cc(N)ccc12. The van der Waals surface area contributed by atoms with Crippen LogP contribution in [-0.4, -0.2) is 26.1 Å². The molecule has 1 aromatic heterocycles. The van der Waals surface area contributed by atoms with E-state index in [9.17, 15) is 10.2 Å². The van der Waals surface area contributed by atoms with E-state index in [1.54, 1.807) is 24.3 Å². The lowest BCUT2D eigenvalue weighted by molar-refractivity contribution is 0.403. The molecule has 122 valence electrons. The fraction of sp³-hybridized carbons (Fsp3) is 0.0625. The molecule has 0 amide bonds. The largest absolute Gasteiger partial charge is 0.504 e. The van der Waals surface area contributed by atoms with Crippen LogP contribution in [0.3, 0.4) is 0 Å². The topological polar surface area (TPSA) is 157 Å². The Morgan fingerprint density at radius 1 is 1.00 bits per heavy atom. The normalized spacial score (nSPS) is 10.7. The number of rotatable bonds is 3. The Hall–Kier alpha value is -3.55. The molecular formula is C16H16N6O2. The fourth-order valence-corrected chi connectivity index (χ4v) is 2.32. The first-order valence-electron chi connectivity index (χ1n) is 7.09. The summed E-state index contributed by atoms with van der Waals surface area (Å²) in [5.41, 5.74) is 18.6. The molecule has 0 unspecified atom stereocenters. The molecule has 1 heterocycles. The van der Waals surface area contributed by atoms with Gasteiger partial charge in [-0.3, -0.25) is 0 Å². The average Bonchev–Trinajstić information content (AvgIpc) is 2.50. The van der Waals surface area contributed by atoms with Crippen molar-refractivity contribution in [3.05, 3.63) is 47.8 Å². The molecule has 8 nitrogen and oxygen atoms in total. The number of fused-ring (bicyclic) bond motifs is 1. The summed E-state index contributed by atoms with van der Waals surface area (Å²) in [6.45, 7) is 0. The van der Waals surface area contributed by atoms with Gasteiger partial charge in [-0.05, 0) is 35.9 Å². The molecule has 8 N–H and O–H groups in total. The van der Waals surface area contributed by atoms with Gasteiger partial charge in [0, 0.05) is 17.5 Å². The van der Waals surface area contributed by atoms with E-state index in [1.165, 1.54) is 12.1 Å². The summed E-state index contributed by atoms with van der Waals surface area (Å²) >= 11 is 0. The summed E-state index contributed by atoms with van der Waals surface area (Å²) in [6.07, 6.45) is 0.325. The summed E-state index contributed by atoms with van der Waals surface area (Å²) in [7, 11) is 0. The van der Waals surface area contributed by atoms with Crippen molar-refractivity contribution in [1.29, 1.82) is 0 Å². The highest BCUT2D eigenvalue weighted by Crippen LogP contribution is 2.28. The maximum absolute atomic E-state index is 9.60. The number of phenolic OH excluding ortho intramolecular Hbond substituents is 2. The molecule has 3 aromatic rings. The predicted octanol–water partition coefficient (Wildman–Crippen LogP) is 1.12. The van der Waals surface area contributed by atoms with E-state index in [1.807, 2.05) is 0 Å². The first-order valence-corrected chi connectivity index (χ1v) is 7.09. The molecule has 0 spiro atoms. The molecule has 0 aliphatic carbocycles. The number of hydrogen-bond donors (Lipinski definition) is 5. The average molecular weight is 324 g/mol. The smallest absolute Gasteiger partial charge is 0.192 e. The maximum Gasteiger partial charge on any atom is 0.192 e. The number of anilines is 1. The number of benzene rings is 2. The molecule has 24 heavy (non-hydrogen) atoms. The van der Waals surface area contributed by atoms with Crippen molar-refractivity contribution in [2.24, 2.45) is 16.5 Å². The van der Waals surface area contributed by atoms with Crippen LogP contribution in [0.4, 0.5) is 11.5 Å². The van der Waals surface area contributed by atoms with E-state index in [4.69, 9.17) is 17.2 Å². The summed E-state index contributed by atoms with van der Waals surface area (Å²) in [5.74, 6) is 0.297. The number of phenols is 2. The van der Waals surface area contributed by atoms with Gasteiger partial charge in [0.2, 0.25) is 0 Å². The summed E-state index contributed by atoms with van der Waals surface area (Å²) in [6, 6.07) is 9.70. The van der Waals surface area contributed by atoms with Crippen LogP contribution < -0.4 is 17.2 Å². The van der Waals surface area contributed by atoms with Gasteiger partial charge >= 0.3 is 0 Å². The molecular weight excluding hydrogens is 308 g/mol. The Morgan fingerprint density at radius 2 is 1.79 bits per heavy atom. The number of nitrogens with zero attached hydrogens (tertiary/aromatic N) is 3. The maximum atomic E-state index is 9.60. The van der Waals surface area contributed by atoms with E-state index in [-0.39, 0.29) is 17.5 Å². The Balaban J connectivity index is 2.10. The number of guanidine groups is 1. The van der Waals surface area contributed by atoms with Gasteiger partial charge in [-0.1, -0.05) is 6.07 Å². The third-order valence-electron chi connectivity index (χ3n) is 3.38. The predicted molar refractivity (Wildman–Crippen MR) is 92.0 cm³/mol. The number of aromatic hydroxyl groups is 2. The Morgan fingerprint density at radius 3 is 2.50 bits per heavy atom. The lowest BCUT2D eigenvalue weighted by atomic mass is 10.1. The molecule has 2 aromatic carbocycles. The van der Waals surface area contributed by atoms with Crippen molar-refractivity contribution in [2.75, 3.05) is 5.73 Å². The standard InChI is InChI=1S/C16H16N6O2/c17-9-2-3-10-11(7-9)20-14(21-15(10)22-16(18)19)6-8-1-4-12(23)13(24)5-8/h1-5,7,23-24H,6,17H2,(H4,18,19,20,21,22). The minimum Gasteiger partial charge on any atom is -0.504 e. The van der Waals surface area contributed by atoms with Gasteiger partial charge in [-0.2, -0.15) is 4.99 Å². The zero-order valence-electron chi connectivity index (χ0n) is 12.6. The lowest BCUT2D eigenvalue weighted by Gasteiger charge is -2.07. The Kier molecular flexibility index (Phi) is 3.78. The van der Waals surface area contributed by atoms with E-state index in [0.29, 0.717) is 34.7 Å². The number of aromatic nitrogens is 2. The van der Waals surface area contributed by atoms with Crippen molar-refractivity contribution >= 4 is 28.4 Å². The number of nitrogen functional groups attached to an aromatic ring is 1. The van der Waals surface area contributed by atoms with E-state index in [2.05, 4.69) is 15.0 Å². The first kappa shape index (κ1) is 15.3. The van der Waals surface area contributed by atoms with Gasteiger partial charge < -0.3 is 27.4 Å². The monoisotopic (exact) mass is 324 g/mol. The van der Waals surface area contributed by atoms with Crippen LogP contribution in [0.1, 0.15) is 11.4 Å². The second-order valence-electron chi connectivity index (χ2n) is 5.28. The summed E-state index contributed by atoms with van der Waals surface area (Å²) < 4.78 is 0. The lowest BCUT2D eigenvalue weighted by Crippen LogP contribution is -2.22. The van der Waals surface area contributed by atoms with Crippen LogP contribution in [0, 0.1) is 0 Å². The van der Waals surface area contributed by atoms with Crippen molar-refractivity contribution in [2.45, 2.75) is 6.42 Å². The van der Waals surface area contributed by atoms with Gasteiger partial charge in [0.1, 0.15) is 5.82 Å². The molecule has 0 fully saturated rings. The van der Waals surface area contributed by atoms with Gasteiger partial charge in [-0.25, -0.2) is 9.97 Å². The van der Waals surface area contributed by atoms with Crippen molar-refractivity contribution in [3.63, 3.8) is 0 Å². The van der Waals surface area contributed by atoms with Crippen molar-refractivity contribution in [1.82, 2.24) is 9.97 Å². The van der Waals surface area contributed by atoms with Crippen LogP contribution in [0.25, 0.3) is 10.9 Å². The van der Waals surface area contributed by atoms with Crippen molar-refractivity contribution < 1.29 is 10.2 Å². The molecule has 0 saturated carbocycles. The molecule has 0 atom stereocenters.